The largest absolute Gasteiger partial charge is 0.452 e. The van der Waals surface area contributed by atoms with E-state index in [0.29, 0.717) is 45.0 Å². The number of carbonyl (C=O) groups excluding carboxylic acids is 3. The van der Waals surface area contributed by atoms with Crippen LogP contribution in [0.15, 0.2) is 0 Å². The SMILES string of the molecule is CC(=O)O[C@@H](CCCNC(=N)N)C(=O)N1CCC(CCOC(C)(C)C(N)=O)CC1. The van der Waals surface area contributed by atoms with Crippen molar-refractivity contribution in [2.45, 2.75) is 64.6 Å². The molecule has 1 rings (SSSR count). The lowest BCUT2D eigenvalue weighted by Gasteiger charge is -2.34. The first-order valence-electron chi connectivity index (χ1n) is 10.0. The summed E-state index contributed by atoms with van der Waals surface area (Å²) in [5, 5.41) is 9.80. The molecular formula is C19H35N5O5. The zero-order valence-corrected chi connectivity index (χ0v) is 17.7. The molecular weight excluding hydrogens is 378 g/mol. The number of primary amides is 1. The van der Waals surface area contributed by atoms with E-state index in [-0.39, 0.29) is 11.9 Å². The third-order valence-electron chi connectivity index (χ3n) is 5.05. The Bertz CT molecular complexity index is 588. The number of hydrogen-bond acceptors (Lipinski definition) is 6. The molecule has 1 saturated heterocycles. The van der Waals surface area contributed by atoms with Crippen LogP contribution in [-0.4, -0.2) is 66.6 Å². The molecule has 0 radical (unpaired) electrons. The average Bonchev–Trinajstić information content (AvgIpc) is 2.63. The van der Waals surface area contributed by atoms with Crippen LogP contribution >= 0.6 is 0 Å². The van der Waals surface area contributed by atoms with Gasteiger partial charge in [-0.15, -0.1) is 0 Å². The molecule has 0 bridgehead atoms. The van der Waals surface area contributed by atoms with Gasteiger partial charge in [-0.25, -0.2) is 0 Å². The topological polar surface area (TPSA) is 161 Å². The molecule has 1 atom stereocenters. The zero-order chi connectivity index (χ0) is 22.0. The van der Waals surface area contributed by atoms with Gasteiger partial charge in [0.25, 0.3) is 5.91 Å². The summed E-state index contributed by atoms with van der Waals surface area (Å²) in [6.45, 7) is 6.64. The molecule has 1 fully saturated rings. The average molecular weight is 414 g/mol. The van der Waals surface area contributed by atoms with Gasteiger partial charge in [-0.2, -0.15) is 0 Å². The highest BCUT2D eigenvalue weighted by Gasteiger charge is 2.31. The van der Waals surface area contributed by atoms with Crippen molar-refractivity contribution in [3.05, 3.63) is 0 Å². The van der Waals surface area contributed by atoms with Crippen molar-refractivity contribution in [1.29, 1.82) is 5.41 Å². The van der Waals surface area contributed by atoms with Gasteiger partial charge in [-0.1, -0.05) is 0 Å². The summed E-state index contributed by atoms with van der Waals surface area (Å²) in [5.41, 5.74) is 9.55. The summed E-state index contributed by atoms with van der Waals surface area (Å²) in [5.74, 6) is -0.909. The van der Waals surface area contributed by atoms with Crippen molar-refractivity contribution in [2.24, 2.45) is 17.4 Å². The van der Waals surface area contributed by atoms with E-state index >= 15 is 0 Å². The predicted octanol–water partition coefficient (Wildman–Crippen LogP) is 0.0906. The number of guanidine groups is 1. The van der Waals surface area contributed by atoms with Crippen LogP contribution in [0.25, 0.3) is 0 Å². The predicted molar refractivity (Wildman–Crippen MR) is 108 cm³/mol. The quantitative estimate of drug-likeness (QED) is 0.161. The fourth-order valence-electron chi connectivity index (χ4n) is 3.14. The van der Waals surface area contributed by atoms with Gasteiger partial charge in [0.15, 0.2) is 12.1 Å². The number of likely N-dealkylation sites (tertiary alicyclic amines) is 1. The normalized spacial score (nSPS) is 16.2. The number of rotatable bonds is 11. The van der Waals surface area contributed by atoms with E-state index in [0.717, 1.165) is 19.3 Å². The van der Waals surface area contributed by atoms with Gasteiger partial charge in [-0.05, 0) is 51.9 Å². The molecule has 10 heteroatoms. The number of carbonyl (C=O) groups is 3. The minimum absolute atomic E-state index is 0.134. The van der Waals surface area contributed by atoms with Crippen LogP contribution in [0.4, 0.5) is 0 Å². The minimum Gasteiger partial charge on any atom is -0.452 e. The van der Waals surface area contributed by atoms with Crippen molar-refractivity contribution >= 4 is 23.7 Å². The molecule has 0 aliphatic carbocycles. The van der Waals surface area contributed by atoms with Gasteiger partial charge in [0, 0.05) is 33.2 Å². The number of ether oxygens (including phenoxy) is 2. The summed E-state index contributed by atoms with van der Waals surface area (Å²) in [7, 11) is 0. The Hall–Kier alpha value is -2.36. The van der Waals surface area contributed by atoms with E-state index in [4.69, 9.17) is 26.4 Å². The smallest absolute Gasteiger partial charge is 0.303 e. The van der Waals surface area contributed by atoms with Gasteiger partial charge < -0.3 is 31.2 Å². The third-order valence-corrected chi connectivity index (χ3v) is 5.05. The second-order valence-corrected chi connectivity index (χ2v) is 7.86. The summed E-state index contributed by atoms with van der Waals surface area (Å²) in [6.07, 6.45) is 2.54. The maximum Gasteiger partial charge on any atom is 0.303 e. The van der Waals surface area contributed by atoms with E-state index in [1.54, 1.807) is 18.7 Å². The number of nitrogens with one attached hydrogen (secondary N) is 2. The number of nitrogens with zero attached hydrogens (tertiary/aromatic N) is 1. The van der Waals surface area contributed by atoms with Crippen LogP contribution in [-0.2, 0) is 23.9 Å². The van der Waals surface area contributed by atoms with E-state index in [9.17, 15) is 14.4 Å². The fraction of sp³-hybridized carbons (Fsp3) is 0.789. The van der Waals surface area contributed by atoms with Crippen molar-refractivity contribution in [3.63, 3.8) is 0 Å². The molecule has 0 saturated carbocycles. The van der Waals surface area contributed by atoms with Crippen LogP contribution < -0.4 is 16.8 Å². The van der Waals surface area contributed by atoms with Crippen LogP contribution in [0.2, 0.25) is 0 Å². The highest BCUT2D eigenvalue weighted by Crippen LogP contribution is 2.23. The molecule has 2 amide bonds. The third kappa shape index (κ3) is 9.12. The molecule has 0 aromatic rings. The monoisotopic (exact) mass is 413 g/mol. The number of nitrogens with two attached hydrogens (primary N) is 2. The molecule has 0 aromatic heterocycles. The van der Waals surface area contributed by atoms with Gasteiger partial charge >= 0.3 is 5.97 Å². The lowest BCUT2D eigenvalue weighted by molar-refractivity contribution is -0.159. The van der Waals surface area contributed by atoms with Crippen molar-refractivity contribution in [2.75, 3.05) is 26.2 Å². The summed E-state index contributed by atoms with van der Waals surface area (Å²) in [6, 6.07) is 0. The molecule has 1 aliphatic rings. The van der Waals surface area contributed by atoms with Crippen LogP contribution in [0.1, 0.15) is 52.9 Å². The number of esters is 1. The maximum atomic E-state index is 12.8. The number of hydrogen-bond donors (Lipinski definition) is 4. The fourth-order valence-corrected chi connectivity index (χ4v) is 3.14. The first-order valence-corrected chi connectivity index (χ1v) is 10.0. The Morgan fingerprint density at radius 2 is 1.86 bits per heavy atom. The van der Waals surface area contributed by atoms with Crippen LogP contribution in [0.5, 0.6) is 0 Å². The molecule has 10 nitrogen and oxygen atoms in total. The summed E-state index contributed by atoms with van der Waals surface area (Å²) < 4.78 is 10.8. The van der Waals surface area contributed by atoms with E-state index in [1.165, 1.54) is 6.92 Å². The summed E-state index contributed by atoms with van der Waals surface area (Å²) >= 11 is 0. The van der Waals surface area contributed by atoms with Crippen LogP contribution in [0, 0.1) is 11.3 Å². The Morgan fingerprint density at radius 3 is 2.38 bits per heavy atom. The molecule has 29 heavy (non-hydrogen) atoms. The molecule has 1 heterocycles. The molecule has 0 spiro atoms. The molecule has 0 aromatic carbocycles. The second kappa shape index (κ2) is 11.6. The number of piperidine rings is 1. The van der Waals surface area contributed by atoms with Gasteiger partial charge in [-0.3, -0.25) is 19.8 Å². The minimum atomic E-state index is -0.981. The molecule has 1 aliphatic heterocycles. The Balaban J connectivity index is 2.44. The van der Waals surface area contributed by atoms with Crippen molar-refractivity contribution in [3.8, 4) is 0 Å². The van der Waals surface area contributed by atoms with Gasteiger partial charge in [0.05, 0.1) is 0 Å². The molecule has 166 valence electrons. The number of amides is 2. The van der Waals surface area contributed by atoms with Crippen molar-refractivity contribution in [1.82, 2.24) is 10.2 Å². The highest BCUT2D eigenvalue weighted by atomic mass is 16.5. The zero-order valence-electron chi connectivity index (χ0n) is 17.7. The van der Waals surface area contributed by atoms with Gasteiger partial charge in [0.2, 0.25) is 5.91 Å². The Kier molecular flexibility index (Phi) is 9.87. The highest BCUT2D eigenvalue weighted by molar-refractivity contribution is 5.83. The van der Waals surface area contributed by atoms with Gasteiger partial charge in [0.1, 0.15) is 5.60 Å². The lowest BCUT2D eigenvalue weighted by Crippen LogP contribution is -2.46. The Labute approximate surface area is 172 Å². The van der Waals surface area contributed by atoms with E-state index in [1.807, 2.05) is 0 Å². The van der Waals surface area contributed by atoms with E-state index in [2.05, 4.69) is 5.32 Å². The maximum absolute atomic E-state index is 12.8. The second-order valence-electron chi connectivity index (χ2n) is 7.86. The first-order chi connectivity index (χ1) is 13.5. The van der Waals surface area contributed by atoms with Crippen LogP contribution in [0.3, 0.4) is 0 Å². The Morgan fingerprint density at radius 1 is 1.24 bits per heavy atom. The molecule has 6 N–H and O–H groups in total. The summed E-state index contributed by atoms with van der Waals surface area (Å²) in [4.78, 5) is 37.2. The van der Waals surface area contributed by atoms with Crippen molar-refractivity contribution < 1.29 is 23.9 Å². The molecule has 0 unspecified atom stereocenters. The van der Waals surface area contributed by atoms with E-state index < -0.39 is 23.6 Å². The lowest BCUT2D eigenvalue weighted by atomic mass is 9.93. The standard InChI is InChI=1S/C19H35N5O5/c1-13(25)29-15(5-4-9-23-18(21)22)16(26)24-10-6-14(7-11-24)8-12-28-19(2,3)17(20)27/h14-15H,4-12H2,1-3H3,(H2,20,27)(H4,21,22,23)/t15-/m0/s1. The first kappa shape index (κ1) is 24.7.